The van der Waals surface area contributed by atoms with Crippen LogP contribution in [-0.2, 0) is 0 Å². The molecule has 9 aromatic rings. The van der Waals surface area contributed by atoms with Crippen molar-refractivity contribution < 1.29 is 0 Å². The van der Waals surface area contributed by atoms with E-state index in [1.165, 1.54) is 10.8 Å². The van der Waals surface area contributed by atoms with Crippen LogP contribution in [0.2, 0.25) is 0 Å². The van der Waals surface area contributed by atoms with Crippen LogP contribution >= 0.6 is 0 Å². The van der Waals surface area contributed by atoms with E-state index in [-0.39, 0.29) is 0 Å². The van der Waals surface area contributed by atoms with Gasteiger partial charge in [0.15, 0.2) is 17.1 Å². The maximum atomic E-state index is 8.30. The molecule has 0 atom stereocenters. The molecule has 0 N–H and O–H groups in total. The fourth-order valence-corrected chi connectivity index (χ4v) is 7.45. The van der Waals surface area contributed by atoms with Crippen LogP contribution in [0.15, 0.2) is 152 Å². The molecule has 0 saturated heterocycles. The van der Waals surface area contributed by atoms with Crippen LogP contribution < -0.4 is 0 Å². The van der Waals surface area contributed by atoms with E-state index in [9.17, 15) is 0 Å². The summed E-state index contributed by atoms with van der Waals surface area (Å²) in [6.45, 7) is 23.9. The lowest BCUT2D eigenvalue weighted by atomic mass is 9.91. The van der Waals surface area contributed by atoms with Crippen LogP contribution in [0.3, 0.4) is 0 Å². The third-order valence-electron chi connectivity index (χ3n) is 9.56. The van der Waals surface area contributed by atoms with Gasteiger partial charge in [-0.3, -0.25) is 0 Å². The number of rotatable bonds is 4. The van der Waals surface area contributed by atoms with Crippen molar-refractivity contribution in [1.82, 2.24) is 9.13 Å². The Kier molecular flexibility index (Phi) is 6.56. The second-order valence-electron chi connectivity index (χ2n) is 12.2. The van der Waals surface area contributed by atoms with Gasteiger partial charge in [0.2, 0.25) is 0 Å². The molecule has 0 radical (unpaired) electrons. The zero-order valence-electron chi connectivity index (χ0n) is 26.7. The fraction of sp³-hybridized carbons (Fsp3) is 0. The highest BCUT2D eigenvalue weighted by Crippen LogP contribution is 2.46. The number of aromatic nitrogens is 2. The Morgan fingerprint density at radius 1 is 0.400 bits per heavy atom. The third-order valence-corrected chi connectivity index (χ3v) is 9.56. The van der Waals surface area contributed by atoms with E-state index in [0.717, 1.165) is 66.5 Å². The number of fused-ring (bicyclic) bond motifs is 6. The van der Waals surface area contributed by atoms with Gasteiger partial charge in [-0.2, -0.15) is 0 Å². The highest BCUT2D eigenvalue weighted by atomic mass is 15.0. The maximum Gasteiger partial charge on any atom is 0.195 e. The van der Waals surface area contributed by atoms with Crippen LogP contribution in [0.4, 0.5) is 17.1 Å². The largest absolute Gasteiger partial charge is 0.310 e. The minimum Gasteiger partial charge on any atom is -0.310 e. The molecule has 230 valence electrons. The molecule has 0 spiro atoms. The standard InChI is InChI=1S/C45H25N5/c1-46-30-23-25-43-38(27-30)36-16-6-9-21-42(36)50(43)44-28-31(47-2)22-24-37(44)45-33(17-11-18-39(45)48-3)29-12-10-13-32(26-29)49-40-19-7-4-14-34(40)35-15-5-8-20-41(35)49/h4-28H. The topological polar surface area (TPSA) is 22.9 Å². The van der Waals surface area contributed by atoms with Crippen LogP contribution in [0.1, 0.15) is 0 Å². The second kappa shape index (κ2) is 11.4. The summed E-state index contributed by atoms with van der Waals surface area (Å²) in [5.41, 5.74) is 11.1. The SMILES string of the molecule is [C-]#[N+]c1ccc(-c2c([N+]#[C-])cccc2-c2cccc(-n3c4ccccc4c4ccccc43)c2)c(-n2c3ccccc3c3cc([N+]#[C-])ccc32)c1. The van der Waals surface area contributed by atoms with E-state index in [1.807, 2.05) is 60.7 Å². The highest BCUT2D eigenvalue weighted by Gasteiger charge is 2.21. The van der Waals surface area contributed by atoms with Crippen molar-refractivity contribution in [3.8, 4) is 33.6 Å². The van der Waals surface area contributed by atoms with E-state index < -0.39 is 0 Å². The van der Waals surface area contributed by atoms with Crippen molar-refractivity contribution in [2.75, 3.05) is 0 Å². The van der Waals surface area contributed by atoms with E-state index in [4.69, 9.17) is 19.7 Å². The van der Waals surface area contributed by atoms with Gasteiger partial charge < -0.3 is 9.13 Å². The minimum absolute atomic E-state index is 0.502. The maximum absolute atomic E-state index is 8.30. The summed E-state index contributed by atoms with van der Waals surface area (Å²) in [4.78, 5) is 11.5. The van der Waals surface area contributed by atoms with E-state index >= 15 is 0 Å². The first kappa shape index (κ1) is 28.8. The predicted molar refractivity (Wildman–Crippen MR) is 205 cm³/mol. The zero-order valence-corrected chi connectivity index (χ0v) is 26.7. The number of para-hydroxylation sites is 3. The summed E-state index contributed by atoms with van der Waals surface area (Å²) in [7, 11) is 0. The molecular weight excluding hydrogens is 611 g/mol. The van der Waals surface area contributed by atoms with Gasteiger partial charge in [-0.15, -0.1) is 0 Å². The Hall–Kier alpha value is -7.39. The van der Waals surface area contributed by atoms with Gasteiger partial charge in [0, 0.05) is 27.5 Å². The molecule has 7 aromatic carbocycles. The van der Waals surface area contributed by atoms with Gasteiger partial charge in [-0.1, -0.05) is 103 Å². The molecule has 0 fully saturated rings. The second-order valence-corrected chi connectivity index (χ2v) is 12.2. The fourth-order valence-electron chi connectivity index (χ4n) is 7.45. The van der Waals surface area contributed by atoms with Crippen LogP contribution in [0.5, 0.6) is 0 Å². The smallest absolute Gasteiger partial charge is 0.195 e. The van der Waals surface area contributed by atoms with Crippen LogP contribution in [0, 0.1) is 19.7 Å². The van der Waals surface area contributed by atoms with Crippen molar-refractivity contribution in [2.45, 2.75) is 0 Å². The minimum atomic E-state index is 0.502. The van der Waals surface area contributed by atoms with Crippen molar-refractivity contribution in [3.05, 3.63) is 186 Å². The molecule has 2 aromatic heterocycles. The van der Waals surface area contributed by atoms with Gasteiger partial charge in [-0.05, 0) is 76.2 Å². The van der Waals surface area contributed by atoms with E-state index in [1.54, 1.807) is 0 Å². The average Bonchev–Trinajstić information content (AvgIpc) is 3.70. The number of hydrogen-bond acceptors (Lipinski definition) is 0. The van der Waals surface area contributed by atoms with Gasteiger partial charge >= 0.3 is 0 Å². The van der Waals surface area contributed by atoms with E-state index in [0.29, 0.717) is 17.1 Å². The first-order chi connectivity index (χ1) is 24.7. The van der Waals surface area contributed by atoms with Gasteiger partial charge in [-0.25, -0.2) is 14.5 Å². The van der Waals surface area contributed by atoms with Crippen LogP contribution in [-0.4, -0.2) is 9.13 Å². The van der Waals surface area contributed by atoms with Crippen molar-refractivity contribution in [1.29, 1.82) is 0 Å². The molecular formula is C45H25N5. The van der Waals surface area contributed by atoms with Gasteiger partial charge in [0.1, 0.15) is 0 Å². The summed E-state index contributed by atoms with van der Waals surface area (Å²) >= 11 is 0. The lowest BCUT2D eigenvalue weighted by Gasteiger charge is -2.19. The van der Waals surface area contributed by atoms with Crippen LogP contribution in [0.25, 0.3) is 91.8 Å². The zero-order chi connectivity index (χ0) is 33.8. The van der Waals surface area contributed by atoms with Gasteiger partial charge in [0.25, 0.3) is 0 Å². The molecule has 2 heterocycles. The monoisotopic (exact) mass is 635 g/mol. The highest BCUT2D eigenvalue weighted by molar-refractivity contribution is 6.12. The number of benzene rings is 7. The average molecular weight is 636 g/mol. The first-order valence-electron chi connectivity index (χ1n) is 16.2. The summed E-state index contributed by atoms with van der Waals surface area (Å²) < 4.78 is 4.47. The molecule has 5 nitrogen and oxygen atoms in total. The molecule has 9 rings (SSSR count). The first-order valence-corrected chi connectivity index (χ1v) is 16.2. The molecule has 50 heavy (non-hydrogen) atoms. The quantitative estimate of drug-likeness (QED) is 0.172. The molecule has 0 saturated carbocycles. The molecule has 0 aliphatic carbocycles. The number of nitrogens with zero attached hydrogens (tertiary/aromatic N) is 5. The van der Waals surface area contributed by atoms with E-state index in [2.05, 4.69) is 115 Å². The summed E-state index contributed by atoms with van der Waals surface area (Å²) in [5, 5.41) is 4.38. The Labute approximate surface area is 288 Å². The third kappa shape index (κ3) is 4.31. The molecule has 0 aliphatic heterocycles. The van der Waals surface area contributed by atoms with Crippen molar-refractivity contribution in [2.24, 2.45) is 0 Å². The Morgan fingerprint density at radius 3 is 1.66 bits per heavy atom. The molecule has 0 unspecified atom stereocenters. The Morgan fingerprint density at radius 2 is 0.980 bits per heavy atom. The molecule has 0 amide bonds. The summed E-state index contributed by atoms with van der Waals surface area (Å²) in [6, 6.07) is 51.0. The predicted octanol–water partition coefficient (Wildman–Crippen LogP) is 12.9. The molecule has 5 heteroatoms. The number of hydrogen-bond donors (Lipinski definition) is 0. The lowest BCUT2D eigenvalue weighted by molar-refractivity contribution is 1.18. The lowest BCUT2D eigenvalue weighted by Crippen LogP contribution is -1.99. The van der Waals surface area contributed by atoms with Crippen molar-refractivity contribution >= 4 is 60.7 Å². The summed E-state index contributed by atoms with van der Waals surface area (Å²) in [6.07, 6.45) is 0. The Bertz CT molecular complexity index is 2920. The molecule has 0 aliphatic rings. The summed E-state index contributed by atoms with van der Waals surface area (Å²) in [5.74, 6) is 0. The molecule has 0 bridgehead atoms. The van der Waals surface area contributed by atoms with Gasteiger partial charge in [0.05, 0.1) is 41.8 Å². The van der Waals surface area contributed by atoms with Crippen molar-refractivity contribution in [3.63, 3.8) is 0 Å². The Balaban J connectivity index is 1.32. The normalized spacial score (nSPS) is 11.1.